The first-order valence-electron chi connectivity index (χ1n) is 8.74. The number of hydrogen-bond acceptors (Lipinski definition) is 5. The average molecular weight is 348 g/mol. The van der Waals surface area contributed by atoms with E-state index in [9.17, 15) is 19.7 Å². The number of nitro benzene ring substituents is 1. The summed E-state index contributed by atoms with van der Waals surface area (Å²) >= 11 is 0. The Morgan fingerprint density at radius 1 is 1.20 bits per heavy atom. The summed E-state index contributed by atoms with van der Waals surface area (Å²) in [6, 6.07) is 5.71. The lowest BCUT2D eigenvalue weighted by Gasteiger charge is -2.34. The maximum atomic E-state index is 12.9. The van der Waals surface area contributed by atoms with E-state index in [0.717, 1.165) is 32.1 Å². The molecule has 0 unspecified atom stereocenters. The Morgan fingerprint density at radius 2 is 1.84 bits per heavy atom. The minimum Gasteiger partial charge on any atom is -0.466 e. The molecule has 0 aliphatic heterocycles. The number of ether oxygens (including phenoxy) is 1. The molecule has 1 aliphatic rings. The second kappa shape index (κ2) is 9.15. The topological polar surface area (TPSA) is 89.8 Å². The molecule has 1 aromatic rings. The summed E-state index contributed by atoms with van der Waals surface area (Å²) in [5.41, 5.74) is 0.354. The van der Waals surface area contributed by atoms with Gasteiger partial charge in [0, 0.05) is 30.3 Å². The van der Waals surface area contributed by atoms with Crippen molar-refractivity contribution in [3.63, 3.8) is 0 Å². The fourth-order valence-corrected chi connectivity index (χ4v) is 3.18. The van der Waals surface area contributed by atoms with Crippen LogP contribution in [0.5, 0.6) is 0 Å². The third-order valence-corrected chi connectivity index (χ3v) is 4.46. The number of hydrogen-bond donors (Lipinski definition) is 0. The van der Waals surface area contributed by atoms with Gasteiger partial charge in [-0.15, -0.1) is 0 Å². The SMILES string of the molecule is CCOC(=O)CCN(C(=O)c1ccc([N+](=O)[O-])cc1)C1CCCCC1. The molecule has 2 rings (SSSR count). The van der Waals surface area contributed by atoms with Crippen LogP contribution < -0.4 is 0 Å². The number of benzene rings is 1. The Labute approximate surface area is 147 Å². The number of nitrogens with zero attached hydrogens (tertiary/aromatic N) is 2. The van der Waals surface area contributed by atoms with Gasteiger partial charge in [-0.25, -0.2) is 0 Å². The Kier molecular flexibility index (Phi) is 6.91. The third-order valence-electron chi connectivity index (χ3n) is 4.46. The van der Waals surface area contributed by atoms with E-state index in [4.69, 9.17) is 4.74 Å². The van der Waals surface area contributed by atoms with Crippen LogP contribution in [0.3, 0.4) is 0 Å². The third kappa shape index (κ3) is 5.27. The van der Waals surface area contributed by atoms with E-state index in [1.807, 2.05) is 0 Å². The highest BCUT2D eigenvalue weighted by Crippen LogP contribution is 2.25. The highest BCUT2D eigenvalue weighted by Gasteiger charge is 2.27. The molecule has 25 heavy (non-hydrogen) atoms. The monoisotopic (exact) mass is 348 g/mol. The molecule has 7 nitrogen and oxygen atoms in total. The molecule has 0 radical (unpaired) electrons. The number of carbonyl (C=O) groups is 2. The zero-order valence-electron chi connectivity index (χ0n) is 14.5. The first-order valence-corrected chi connectivity index (χ1v) is 8.74. The van der Waals surface area contributed by atoms with Gasteiger partial charge in [0.25, 0.3) is 11.6 Å². The molecule has 0 atom stereocenters. The van der Waals surface area contributed by atoms with Gasteiger partial charge in [-0.3, -0.25) is 19.7 Å². The molecule has 1 amide bonds. The summed E-state index contributed by atoms with van der Waals surface area (Å²) in [5.74, 6) is -0.508. The Bertz CT molecular complexity index is 608. The standard InChI is InChI=1S/C18H24N2O5/c1-2-25-17(21)12-13-19(15-6-4-3-5-7-15)18(22)14-8-10-16(11-9-14)20(23)24/h8-11,15H,2-7,12-13H2,1H3. The second-order valence-electron chi connectivity index (χ2n) is 6.15. The van der Waals surface area contributed by atoms with E-state index in [1.165, 1.54) is 24.3 Å². The lowest BCUT2D eigenvalue weighted by Crippen LogP contribution is -2.42. The van der Waals surface area contributed by atoms with E-state index < -0.39 is 4.92 Å². The molecule has 136 valence electrons. The summed E-state index contributed by atoms with van der Waals surface area (Å²) in [7, 11) is 0. The summed E-state index contributed by atoms with van der Waals surface area (Å²) in [4.78, 5) is 36.6. The lowest BCUT2D eigenvalue weighted by atomic mass is 9.93. The molecule has 1 fully saturated rings. The van der Waals surface area contributed by atoms with Gasteiger partial charge in [-0.05, 0) is 31.9 Å². The van der Waals surface area contributed by atoms with Gasteiger partial charge >= 0.3 is 5.97 Å². The first kappa shape index (κ1) is 18.9. The van der Waals surface area contributed by atoms with Gasteiger partial charge in [-0.1, -0.05) is 19.3 Å². The van der Waals surface area contributed by atoms with Crippen molar-refractivity contribution in [1.82, 2.24) is 4.90 Å². The van der Waals surface area contributed by atoms with E-state index in [2.05, 4.69) is 0 Å². The van der Waals surface area contributed by atoms with Crippen LogP contribution >= 0.6 is 0 Å². The highest BCUT2D eigenvalue weighted by molar-refractivity contribution is 5.94. The van der Waals surface area contributed by atoms with Crippen molar-refractivity contribution in [3.8, 4) is 0 Å². The minimum atomic E-state index is -0.492. The molecule has 0 aromatic heterocycles. The average Bonchev–Trinajstić information content (AvgIpc) is 2.63. The molecular weight excluding hydrogens is 324 g/mol. The zero-order chi connectivity index (χ0) is 18.2. The maximum absolute atomic E-state index is 12.9. The number of non-ortho nitro benzene ring substituents is 1. The van der Waals surface area contributed by atoms with Crippen molar-refractivity contribution in [3.05, 3.63) is 39.9 Å². The first-order chi connectivity index (χ1) is 12.0. The van der Waals surface area contributed by atoms with Crippen molar-refractivity contribution < 1.29 is 19.2 Å². The molecule has 1 saturated carbocycles. The fraction of sp³-hybridized carbons (Fsp3) is 0.556. The summed E-state index contributed by atoms with van der Waals surface area (Å²) in [5, 5.41) is 10.8. The number of nitro groups is 1. The number of rotatable bonds is 7. The smallest absolute Gasteiger partial charge is 0.307 e. The Morgan fingerprint density at radius 3 is 2.40 bits per heavy atom. The van der Waals surface area contributed by atoms with E-state index >= 15 is 0 Å². The highest BCUT2D eigenvalue weighted by atomic mass is 16.6. The van der Waals surface area contributed by atoms with Gasteiger partial charge in [-0.2, -0.15) is 0 Å². The number of amides is 1. The molecule has 1 aliphatic carbocycles. The van der Waals surface area contributed by atoms with Crippen LogP contribution in [-0.4, -0.2) is 40.9 Å². The Balaban J connectivity index is 2.13. The summed E-state index contributed by atoms with van der Waals surface area (Å²) in [6.45, 7) is 2.37. The Hall–Kier alpha value is -2.44. The van der Waals surface area contributed by atoms with E-state index in [0.29, 0.717) is 18.7 Å². The quantitative estimate of drug-likeness (QED) is 0.428. The normalized spacial score (nSPS) is 14.8. The van der Waals surface area contributed by atoms with Gasteiger partial charge in [0.1, 0.15) is 0 Å². The molecular formula is C18H24N2O5. The molecule has 0 saturated heterocycles. The van der Waals surface area contributed by atoms with Crippen molar-refractivity contribution in [2.24, 2.45) is 0 Å². The molecule has 0 N–H and O–H groups in total. The van der Waals surface area contributed by atoms with E-state index in [1.54, 1.807) is 11.8 Å². The van der Waals surface area contributed by atoms with Crippen LogP contribution in [0.4, 0.5) is 5.69 Å². The van der Waals surface area contributed by atoms with Gasteiger partial charge in [0.2, 0.25) is 0 Å². The largest absolute Gasteiger partial charge is 0.466 e. The van der Waals surface area contributed by atoms with Crippen LogP contribution in [-0.2, 0) is 9.53 Å². The summed E-state index contributed by atoms with van der Waals surface area (Å²) < 4.78 is 4.96. The molecule has 0 bridgehead atoms. The molecule has 1 aromatic carbocycles. The van der Waals surface area contributed by atoms with Crippen molar-refractivity contribution in [2.75, 3.05) is 13.2 Å². The van der Waals surface area contributed by atoms with Crippen LogP contribution in [0.15, 0.2) is 24.3 Å². The van der Waals surface area contributed by atoms with Crippen molar-refractivity contribution in [2.45, 2.75) is 51.5 Å². The zero-order valence-corrected chi connectivity index (χ0v) is 14.5. The fourth-order valence-electron chi connectivity index (χ4n) is 3.18. The predicted molar refractivity (Wildman–Crippen MR) is 92.3 cm³/mol. The van der Waals surface area contributed by atoms with Crippen molar-refractivity contribution >= 4 is 17.6 Å². The number of esters is 1. The molecule has 7 heteroatoms. The van der Waals surface area contributed by atoms with E-state index in [-0.39, 0.29) is 30.0 Å². The minimum absolute atomic E-state index is 0.0488. The second-order valence-corrected chi connectivity index (χ2v) is 6.15. The van der Waals surface area contributed by atoms with Crippen molar-refractivity contribution in [1.29, 1.82) is 0 Å². The van der Waals surface area contributed by atoms with Crippen LogP contribution in [0.1, 0.15) is 55.8 Å². The van der Waals surface area contributed by atoms with Gasteiger partial charge < -0.3 is 9.64 Å². The number of carbonyl (C=O) groups excluding carboxylic acids is 2. The molecule has 0 heterocycles. The molecule has 0 spiro atoms. The lowest BCUT2D eigenvalue weighted by molar-refractivity contribution is -0.384. The van der Waals surface area contributed by atoms with Crippen LogP contribution in [0, 0.1) is 10.1 Å². The predicted octanol–water partition coefficient (Wildman–Crippen LogP) is 3.32. The van der Waals surface area contributed by atoms with Crippen LogP contribution in [0.25, 0.3) is 0 Å². The maximum Gasteiger partial charge on any atom is 0.307 e. The van der Waals surface area contributed by atoms with Crippen LogP contribution in [0.2, 0.25) is 0 Å². The van der Waals surface area contributed by atoms with Gasteiger partial charge in [0.05, 0.1) is 18.0 Å². The summed E-state index contributed by atoms with van der Waals surface area (Å²) in [6.07, 6.45) is 5.28. The van der Waals surface area contributed by atoms with Gasteiger partial charge in [0.15, 0.2) is 0 Å².